The van der Waals surface area contributed by atoms with Gasteiger partial charge in [-0.25, -0.2) is 8.42 Å². The van der Waals surface area contributed by atoms with Crippen LogP contribution in [-0.2, 0) is 10.0 Å². The van der Waals surface area contributed by atoms with Crippen molar-refractivity contribution >= 4 is 33.2 Å². The number of carbonyl (C=O) groups excluding carboxylic acids is 1. The highest BCUT2D eigenvalue weighted by molar-refractivity contribution is 7.92. The van der Waals surface area contributed by atoms with Gasteiger partial charge < -0.3 is 5.32 Å². The molecular weight excluding hydrogens is 384 g/mol. The number of fused-ring (bicyclic) bond motifs is 2. The first kappa shape index (κ1) is 18.3. The van der Waals surface area contributed by atoms with Crippen molar-refractivity contribution in [1.82, 2.24) is 5.32 Å². The van der Waals surface area contributed by atoms with Crippen LogP contribution in [0.4, 0.5) is 5.69 Å². The number of rotatable bonds is 5. The highest BCUT2D eigenvalue weighted by atomic mass is 35.5. The summed E-state index contributed by atoms with van der Waals surface area (Å²) in [7, 11) is -3.72. The lowest BCUT2D eigenvalue weighted by Gasteiger charge is -2.23. The molecule has 0 aliphatic heterocycles. The molecule has 3 atom stereocenters. The maximum Gasteiger partial charge on any atom is 0.261 e. The summed E-state index contributed by atoms with van der Waals surface area (Å²) >= 11 is 6.21. The van der Waals surface area contributed by atoms with Crippen LogP contribution >= 0.6 is 11.6 Å². The first-order valence-electron chi connectivity index (χ1n) is 9.10. The Morgan fingerprint density at radius 3 is 2.48 bits per heavy atom. The van der Waals surface area contributed by atoms with Crippen molar-refractivity contribution in [3.8, 4) is 0 Å². The summed E-state index contributed by atoms with van der Waals surface area (Å²) in [6.45, 7) is 0. The molecule has 2 aliphatic rings. The second kappa shape index (κ2) is 7.17. The van der Waals surface area contributed by atoms with E-state index in [1.807, 2.05) is 0 Å². The Bertz CT molecular complexity index is 962. The van der Waals surface area contributed by atoms with Crippen LogP contribution in [0.25, 0.3) is 0 Å². The summed E-state index contributed by atoms with van der Waals surface area (Å²) in [5.41, 5.74) is 0.592. The van der Waals surface area contributed by atoms with Crippen molar-refractivity contribution in [1.29, 1.82) is 0 Å². The average Bonchev–Trinajstić information content (AvgIpc) is 3.27. The Morgan fingerprint density at radius 2 is 1.81 bits per heavy atom. The van der Waals surface area contributed by atoms with E-state index in [1.165, 1.54) is 37.5 Å². The van der Waals surface area contributed by atoms with E-state index in [9.17, 15) is 13.2 Å². The Balaban J connectivity index is 1.52. The van der Waals surface area contributed by atoms with Gasteiger partial charge in [-0.1, -0.05) is 36.2 Å². The number of nitrogens with one attached hydrogen (secondary N) is 2. The summed E-state index contributed by atoms with van der Waals surface area (Å²) in [6.07, 6.45) is 4.64. The Morgan fingerprint density at radius 1 is 1.04 bits per heavy atom. The number of amides is 1. The standard InChI is InChI=1S/C20H21ClN2O3S/c21-18-9-8-15(23-27(25,26)16-4-2-1-3-5-16)12-17(18)20(24)22-19-11-13-6-7-14(19)10-13/h1-5,8-9,12-14,19,23H,6-7,10-11H2,(H,22,24). The topological polar surface area (TPSA) is 75.3 Å². The van der Waals surface area contributed by atoms with Gasteiger partial charge in [-0.3, -0.25) is 9.52 Å². The van der Waals surface area contributed by atoms with Crippen LogP contribution < -0.4 is 10.0 Å². The summed E-state index contributed by atoms with van der Waals surface area (Å²) < 4.78 is 27.5. The molecule has 0 radical (unpaired) electrons. The lowest BCUT2D eigenvalue weighted by molar-refractivity contribution is 0.0923. The molecule has 2 saturated carbocycles. The Hall–Kier alpha value is -2.05. The fourth-order valence-electron chi connectivity index (χ4n) is 4.24. The van der Waals surface area contributed by atoms with Crippen LogP contribution in [0, 0.1) is 11.8 Å². The van der Waals surface area contributed by atoms with Gasteiger partial charge in [0.25, 0.3) is 15.9 Å². The molecule has 0 saturated heterocycles. The first-order chi connectivity index (χ1) is 12.9. The van der Waals surface area contributed by atoms with Gasteiger partial charge >= 0.3 is 0 Å². The SMILES string of the molecule is O=C(NC1CC2CCC1C2)c1cc(NS(=O)(=O)c2ccccc2)ccc1Cl. The van der Waals surface area contributed by atoms with E-state index in [-0.39, 0.29) is 22.4 Å². The fourth-order valence-corrected chi connectivity index (χ4v) is 5.52. The molecule has 2 aliphatic carbocycles. The van der Waals surface area contributed by atoms with E-state index in [1.54, 1.807) is 30.3 Å². The molecule has 1 amide bonds. The molecule has 2 aromatic rings. The van der Waals surface area contributed by atoms with Gasteiger partial charge in [0, 0.05) is 11.7 Å². The summed E-state index contributed by atoms with van der Waals surface area (Å²) in [4.78, 5) is 12.9. The third-order valence-corrected chi connectivity index (χ3v) is 7.30. The molecule has 2 N–H and O–H groups in total. The lowest BCUT2D eigenvalue weighted by atomic mass is 9.95. The normalized spacial score (nSPS) is 24.0. The van der Waals surface area contributed by atoms with Crippen LogP contribution in [0.5, 0.6) is 0 Å². The summed E-state index contributed by atoms with van der Waals surface area (Å²) in [5, 5.41) is 3.39. The van der Waals surface area contributed by atoms with Gasteiger partial charge in [-0.05, 0) is 61.4 Å². The minimum atomic E-state index is -3.72. The largest absolute Gasteiger partial charge is 0.349 e. The van der Waals surface area contributed by atoms with Gasteiger partial charge in [0.2, 0.25) is 0 Å². The zero-order valence-electron chi connectivity index (χ0n) is 14.7. The van der Waals surface area contributed by atoms with E-state index in [0.717, 1.165) is 12.3 Å². The van der Waals surface area contributed by atoms with Gasteiger partial charge in [0.1, 0.15) is 0 Å². The Labute approximate surface area is 164 Å². The smallest absolute Gasteiger partial charge is 0.261 e. The molecule has 27 heavy (non-hydrogen) atoms. The molecule has 0 aromatic heterocycles. The molecular formula is C20H21ClN2O3S. The molecule has 142 valence electrons. The van der Waals surface area contributed by atoms with Gasteiger partial charge in [-0.15, -0.1) is 0 Å². The third kappa shape index (κ3) is 3.82. The minimum Gasteiger partial charge on any atom is -0.349 e. The first-order valence-corrected chi connectivity index (χ1v) is 11.0. The van der Waals surface area contributed by atoms with Gasteiger partial charge in [0.05, 0.1) is 15.5 Å². The maximum atomic E-state index is 12.7. The zero-order valence-corrected chi connectivity index (χ0v) is 16.3. The zero-order chi connectivity index (χ0) is 19.0. The second-order valence-corrected chi connectivity index (χ2v) is 9.46. The number of carbonyl (C=O) groups is 1. The number of sulfonamides is 1. The molecule has 4 rings (SSSR count). The van der Waals surface area contributed by atoms with Crippen molar-refractivity contribution in [3.05, 3.63) is 59.1 Å². The molecule has 5 nitrogen and oxygen atoms in total. The molecule has 0 spiro atoms. The van der Waals surface area contributed by atoms with Crippen molar-refractivity contribution in [2.75, 3.05) is 4.72 Å². The highest BCUT2D eigenvalue weighted by Crippen LogP contribution is 2.44. The molecule has 2 fully saturated rings. The fraction of sp³-hybridized carbons (Fsp3) is 0.350. The molecule has 7 heteroatoms. The van der Waals surface area contributed by atoms with Gasteiger partial charge in [0.15, 0.2) is 0 Å². The quantitative estimate of drug-likeness (QED) is 0.789. The molecule has 2 bridgehead atoms. The van der Waals surface area contributed by atoms with Crippen LogP contribution in [0.1, 0.15) is 36.0 Å². The number of halogens is 1. The third-order valence-electron chi connectivity index (χ3n) is 5.57. The predicted octanol–water partition coefficient (Wildman–Crippen LogP) is 4.06. The maximum absolute atomic E-state index is 12.7. The van der Waals surface area contributed by atoms with E-state index in [2.05, 4.69) is 10.0 Å². The van der Waals surface area contributed by atoms with E-state index in [4.69, 9.17) is 11.6 Å². The van der Waals surface area contributed by atoms with Crippen molar-refractivity contribution in [2.24, 2.45) is 11.8 Å². The van der Waals surface area contributed by atoms with E-state index >= 15 is 0 Å². The van der Waals surface area contributed by atoms with Crippen LogP contribution in [0.3, 0.4) is 0 Å². The lowest BCUT2D eigenvalue weighted by Crippen LogP contribution is -2.38. The van der Waals surface area contributed by atoms with Crippen LogP contribution in [0.2, 0.25) is 5.02 Å². The van der Waals surface area contributed by atoms with E-state index in [0.29, 0.717) is 16.6 Å². The van der Waals surface area contributed by atoms with Crippen molar-refractivity contribution in [3.63, 3.8) is 0 Å². The number of benzene rings is 2. The monoisotopic (exact) mass is 404 g/mol. The molecule has 2 aromatic carbocycles. The number of hydrogen-bond donors (Lipinski definition) is 2. The summed E-state index contributed by atoms with van der Waals surface area (Å²) in [5.74, 6) is 1.02. The summed E-state index contributed by atoms with van der Waals surface area (Å²) in [6, 6.07) is 12.9. The second-order valence-electron chi connectivity index (χ2n) is 7.37. The number of hydrogen-bond acceptors (Lipinski definition) is 3. The van der Waals surface area contributed by atoms with Crippen molar-refractivity contribution < 1.29 is 13.2 Å². The van der Waals surface area contributed by atoms with Crippen LogP contribution in [0.15, 0.2) is 53.4 Å². The van der Waals surface area contributed by atoms with Crippen molar-refractivity contribution in [2.45, 2.75) is 36.6 Å². The average molecular weight is 405 g/mol. The number of anilines is 1. The van der Waals surface area contributed by atoms with Gasteiger partial charge in [-0.2, -0.15) is 0 Å². The van der Waals surface area contributed by atoms with Crippen LogP contribution in [-0.4, -0.2) is 20.4 Å². The van der Waals surface area contributed by atoms with E-state index < -0.39 is 10.0 Å². The minimum absolute atomic E-state index is 0.160. The predicted molar refractivity (Wildman–Crippen MR) is 105 cm³/mol. The Kier molecular flexibility index (Phi) is 4.86. The highest BCUT2D eigenvalue weighted by Gasteiger charge is 2.40. The molecule has 3 unspecified atom stereocenters. The molecule has 0 heterocycles.